The van der Waals surface area contributed by atoms with Crippen molar-refractivity contribution in [2.24, 2.45) is 0 Å². The highest BCUT2D eigenvalue weighted by Crippen LogP contribution is 2.29. The number of nitrogens with zero attached hydrogens (tertiary/aromatic N) is 3. The van der Waals surface area contributed by atoms with E-state index in [1.54, 1.807) is 0 Å². The van der Waals surface area contributed by atoms with Crippen LogP contribution in [0.15, 0.2) is 0 Å². The van der Waals surface area contributed by atoms with E-state index in [2.05, 4.69) is 22.0 Å². The van der Waals surface area contributed by atoms with Gasteiger partial charge in [-0.3, -0.25) is 0 Å². The third-order valence-electron chi connectivity index (χ3n) is 2.77. The van der Waals surface area contributed by atoms with Gasteiger partial charge in [0.25, 0.3) is 0 Å². The molecule has 0 aliphatic carbocycles. The van der Waals surface area contributed by atoms with Gasteiger partial charge >= 0.3 is 0 Å². The van der Waals surface area contributed by atoms with Crippen molar-refractivity contribution in [3.63, 3.8) is 0 Å². The molecule has 1 aliphatic heterocycles. The molecule has 0 radical (unpaired) electrons. The van der Waals surface area contributed by atoms with Gasteiger partial charge in [0.1, 0.15) is 0 Å². The van der Waals surface area contributed by atoms with E-state index in [1.165, 1.54) is 37.0 Å². The molecule has 1 aromatic heterocycles. The molecule has 4 nitrogen and oxygen atoms in total. The van der Waals surface area contributed by atoms with Gasteiger partial charge in [0.15, 0.2) is 0 Å². The topological polar surface area (TPSA) is 55.0 Å². The number of aromatic nitrogens is 2. The van der Waals surface area contributed by atoms with Gasteiger partial charge in [0.05, 0.1) is 0 Å². The van der Waals surface area contributed by atoms with E-state index in [-0.39, 0.29) is 0 Å². The first-order chi connectivity index (χ1) is 6.81. The van der Waals surface area contributed by atoms with E-state index in [0.717, 1.165) is 11.7 Å². The summed E-state index contributed by atoms with van der Waals surface area (Å²) in [4.78, 5) is 2.36. The monoisotopic (exact) mass is 212 g/mol. The normalized spacial score (nSPS) is 22.6. The fraction of sp³-hybridized carbons (Fsp3) is 0.778. The van der Waals surface area contributed by atoms with Crippen LogP contribution in [0.2, 0.25) is 0 Å². The molecule has 2 rings (SSSR count). The molecular weight excluding hydrogens is 196 g/mol. The van der Waals surface area contributed by atoms with Crippen LogP contribution in [0.25, 0.3) is 0 Å². The molecule has 0 spiro atoms. The van der Waals surface area contributed by atoms with Crippen LogP contribution in [0.5, 0.6) is 0 Å². The highest BCUT2D eigenvalue weighted by molar-refractivity contribution is 7.18. The van der Waals surface area contributed by atoms with Gasteiger partial charge in [-0.25, -0.2) is 0 Å². The maximum Gasteiger partial charge on any atom is 0.210 e. The van der Waals surface area contributed by atoms with Crippen LogP contribution >= 0.6 is 11.3 Å². The average Bonchev–Trinajstić information content (AvgIpc) is 2.65. The Morgan fingerprint density at radius 1 is 1.50 bits per heavy atom. The van der Waals surface area contributed by atoms with Gasteiger partial charge in [0.2, 0.25) is 10.3 Å². The van der Waals surface area contributed by atoms with E-state index in [0.29, 0.717) is 11.2 Å². The average molecular weight is 212 g/mol. The first kappa shape index (κ1) is 9.71. The lowest BCUT2D eigenvalue weighted by Crippen LogP contribution is -2.39. The van der Waals surface area contributed by atoms with Crippen LogP contribution < -0.4 is 10.6 Å². The molecule has 0 bridgehead atoms. The van der Waals surface area contributed by atoms with Crippen molar-refractivity contribution < 1.29 is 0 Å². The van der Waals surface area contributed by atoms with Gasteiger partial charge in [-0.05, 0) is 25.7 Å². The Balaban J connectivity index is 2.14. The molecule has 0 amide bonds. The smallest absolute Gasteiger partial charge is 0.210 e. The predicted octanol–water partition coefficient (Wildman–Crippen LogP) is 1.89. The fourth-order valence-electron chi connectivity index (χ4n) is 2.02. The SMILES string of the molecule is CC[C@H]1CCCCN1c1nnc(N)s1. The standard InChI is InChI=1S/C9H16N4S/c1-2-7-5-3-4-6-13(7)9-12-11-8(10)14-9/h7H,2-6H2,1H3,(H2,10,11)/t7-/m0/s1. The van der Waals surface area contributed by atoms with Crippen molar-refractivity contribution in [2.75, 3.05) is 17.2 Å². The summed E-state index contributed by atoms with van der Waals surface area (Å²) < 4.78 is 0. The minimum absolute atomic E-state index is 0.570. The van der Waals surface area contributed by atoms with Crippen LogP contribution in [0.3, 0.4) is 0 Å². The molecule has 2 N–H and O–H groups in total. The minimum atomic E-state index is 0.570. The summed E-state index contributed by atoms with van der Waals surface area (Å²) in [7, 11) is 0. The maximum absolute atomic E-state index is 5.59. The lowest BCUT2D eigenvalue weighted by molar-refractivity contribution is 0.448. The van der Waals surface area contributed by atoms with Crippen LogP contribution in [0, 0.1) is 0 Å². The Bertz CT molecular complexity index is 299. The zero-order valence-corrected chi connectivity index (χ0v) is 9.26. The third kappa shape index (κ3) is 1.82. The number of anilines is 2. The molecule has 78 valence electrons. The molecule has 1 aliphatic rings. The Hall–Kier alpha value is -0.840. The lowest BCUT2D eigenvalue weighted by Gasteiger charge is -2.34. The van der Waals surface area contributed by atoms with Crippen molar-refractivity contribution >= 4 is 21.6 Å². The Morgan fingerprint density at radius 2 is 2.36 bits per heavy atom. The second-order valence-corrected chi connectivity index (χ2v) is 4.66. The number of hydrogen-bond donors (Lipinski definition) is 1. The minimum Gasteiger partial charge on any atom is -0.374 e. The number of hydrogen-bond acceptors (Lipinski definition) is 5. The molecule has 14 heavy (non-hydrogen) atoms. The molecule has 1 aromatic rings. The van der Waals surface area contributed by atoms with E-state index in [4.69, 9.17) is 5.73 Å². The second kappa shape index (κ2) is 4.13. The largest absolute Gasteiger partial charge is 0.374 e. The van der Waals surface area contributed by atoms with E-state index in [1.807, 2.05) is 0 Å². The summed E-state index contributed by atoms with van der Waals surface area (Å²) in [5, 5.41) is 9.54. The van der Waals surface area contributed by atoms with E-state index < -0.39 is 0 Å². The summed E-state index contributed by atoms with van der Waals surface area (Å²) in [6.07, 6.45) is 5.05. The first-order valence-corrected chi connectivity index (χ1v) is 5.98. The molecule has 1 fully saturated rings. The molecule has 0 unspecified atom stereocenters. The molecule has 2 heterocycles. The van der Waals surface area contributed by atoms with Crippen LogP contribution in [0.1, 0.15) is 32.6 Å². The van der Waals surface area contributed by atoms with Crippen molar-refractivity contribution in [1.29, 1.82) is 0 Å². The Morgan fingerprint density at radius 3 is 3.00 bits per heavy atom. The molecule has 5 heteroatoms. The molecule has 0 aromatic carbocycles. The number of rotatable bonds is 2. The highest BCUT2D eigenvalue weighted by atomic mass is 32.1. The number of piperidine rings is 1. The Kier molecular flexibility index (Phi) is 2.86. The maximum atomic E-state index is 5.59. The summed E-state index contributed by atoms with van der Waals surface area (Å²) in [6.45, 7) is 3.33. The highest BCUT2D eigenvalue weighted by Gasteiger charge is 2.23. The van der Waals surface area contributed by atoms with Gasteiger partial charge in [-0.2, -0.15) is 0 Å². The van der Waals surface area contributed by atoms with E-state index >= 15 is 0 Å². The zero-order chi connectivity index (χ0) is 9.97. The van der Waals surface area contributed by atoms with Crippen LogP contribution in [-0.2, 0) is 0 Å². The number of nitrogen functional groups attached to an aromatic ring is 1. The van der Waals surface area contributed by atoms with Crippen molar-refractivity contribution in [3.8, 4) is 0 Å². The van der Waals surface area contributed by atoms with E-state index in [9.17, 15) is 0 Å². The van der Waals surface area contributed by atoms with Gasteiger partial charge < -0.3 is 10.6 Å². The quantitative estimate of drug-likeness (QED) is 0.813. The van der Waals surface area contributed by atoms with Gasteiger partial charge in [-0.15, -0.1) is 10.2 Å². The predicted molar refractivity (Wildman–Crippen MR) is 59.6 cm³/mol. The Labute approximate surface area is 88.1 Å². The molecule has 1 saturated heterocycles. The van der Waals surface area contributed by atoms with Crippen molar-refractivity contribution in [2.45, 2.75) is 38.6 Å². The van der Waals surface area contributed by atoms with Crippen molar-refractivity contribution in [3.05, 3.63) is 0 Å². The summed E-state index contributed by atoms with van der Waals surface area (Å²) in [5.41, 5.74) is 5.59. The second-order valence-electron chi connectivity index (χ2n) is 3.67. The molecule has 1 atom stereocenters. The van der Waals surface area contributed by atoms with Crippen LogP contribution in [0.4, 0.5) is 10.3 Å². The zero-order valence-electron chi connectivity index (χ0n) is 8.44. The fourth-order valence-corrected chi connectivity index (χ4v) is 2.73. The molecule has 0 saturated carbocycles. The van der Waals surface area contributed by atoms with Crippen molar-refractivity contribution in [1.82, 2.24) is 10.2 Å². The van der Waals surface area contributed by atoms with Gasteiger partial charge in [-0.1, -0.05) is 18.3 Å². The van der Waals surface area contributed by atoms with Crippen LogP contribution in [-0.4, -0.2) is 22.8 Å². The summed E-state index contributed by atoms with van der Waals surface area (Å²) in [6, 6.07) is 0.635. The van der Waals surface area contributed by atoms with Gasteiger partial charge in [0, 0.05) is 12.6 Å². The number of nitrogens with two attached hydrogens (primary N) is 1. The summed E-state index contributed by atoms with van der Waals surface area (Å²) in [5.74, 6) is 0. The molecular formula is C9H16N4S. The first-order valence-electron chi connectivity index (χ1n) is 5.17. The lowest BCUT2D eigenvalue weighted by atomic mass is 10.0. The third-order valence-corrected chi connectivity index (χ3v) is 3.56. The summed E-state index contributed by atoms with van der Waals surface area (Å²) >= 11 is 1.49.